The van der Waals surface area contributed by atoms with Crippen LogP contribution in [0.3, 0.4) is 0 Å². The third-order valence-corrected chi connectivity index (χ3v) is 4.19. The number of anilines is 2. The fraction of sp³-hybridized carbons (Fsp3) is 0. The summed E-state index contributed by atoms with van der Waals surface area (Å²) in [7, 11) is 0. The first-order valence-electron chi connectivity index (χ1n) is 6.93. The molecule has 3 aromatic rings. The molecule has 2 N–H and O–H groups in total. The molecule has 10 heteroatoms. The van der Waals surface area contributed by atoms with Crippen LogP contribution in [0.1, 0.15) is 0 Å². The van der Waals surface area contributed by atoms with Gasteiger partial charge in [0.15, 0.2) is 0 Å². The average molecular weight is 376 g/mol. The number of halogens is 1. The fourth-order valence-electron chi connectivity index (χ4n) is 1.94. The second-order valence-corrected chi connectivity index (χ2v) is 6.22. The third-order valence-electron chi connectivity index (χ3n) is 3.05. The molecule has 0 bridgehead atoms. The summed E-state index contributed by atoms with van der Waals surface area (Å²) in [4.78, 5) is 22.3. The highest BCUT2D eigenvalue weighted by Gasteiger charge is 2.13. The molecule has 0 unspecified atom stereocenters. The molecular weight excluding hydrogens is 366 g/mol. The van der Waals surface area contributed by atoms with Crippen LogP contribution < -0.4 is 10.6 Å². The number of hydrogen-bond acceptors (Lipinski definition) is 6. The number of nitro benzene ring substituents is 1. The second kappa shape index (κ2) is 7.24. The van der Waals surface area contributed by atoms with Crippen molar-refractivity contribution < 1.29 is 9.72 Å². The van der Waals surface area contributed by atoms with Gasteiger partial charge in [-0.2, -0.15) is 0 Å². The van der Waals surface area contributed by atoms with Crippen LogP contribution in [0.4, 0.5) is 21.3 Å². The number of nitrogens with zero attached hydrogens (tertiary/aromatic N) is 3. The zero-order chi connectivity index (χ0) is 17.8. The number of nitro groups is 1. The van der Waals surface area contributed by atoms with Crippen molar-refractivity contribution >= 4 is 45.5 Å². The molecule has 126 valence electrons. The Morgan fingerprint density at radius 2 is 1.88 bits per heavy atom. The van der Waals surface area contributed by atoms with Gasteiger partial charge in [-0.1, -0.05) is 35.1 Å². The lowest BCUT2D eigenvalue weighted by Crippen LogP contribution is -2.19. The van der Waals surface area contributed by atoms with E-state index in [0.29, 0.717) is 21.3 Å². The molecule has 25 heavy (non-hydrogen) atoms. The van der Waals surface area contributed by atoms with E-state index in [1.54, 1.807) is 36.4 Å². The van der Waals surface area contributed by atoms with E-state index in [1.165, 1.54) is 12.1 Å². The first-order valence-corrected chi connectivity index (χ1v) is 8.12. The van der Waals surface area contributed by atoms with Crippen molar-refractivity contribution in [2.24, 2.45) is 0 Å². The van der Waals surface area contributed by atoms with E-state index in [-0.39, 0.29) is 10.8 Å². The number of amides is 2. The maximum Gasteiger partial charge on any atom is 0.325 e. The number of non-ortho nitro benzene ring substituents is 1. The Balaban J connectivity index is 1.69. The molecule has 0 atom stereocenters. The van der Waals surface area contributed by atoms with Crippen LogP contribution >= 0.6 is 22.9 Å². The van der Waals surface area contributed by atoms with E-state index in [1.807, 2.05) is 0 Å². The smallest absolute Gasteiger partial charge is 0.308 e. The molecule has 2 amide bonds. The fourth-order valence-corrected chi connectivity index (χ4v) is 2.80. The lowest BCUT2D eigenvalue weighted by atomic mass is 10.2. The molecule has 1 aromatic heterocycles. The number of carbonyl (C=O) groups excluding carboxylic acids is 1. The second-order valence-electron chi connectivity index (χ2n) is 4.81. The largest absolute Gasteiger partial charge is 0.325 e. The quantitative estimate of drug-likeness (QED) is 0.518. The van der Waals surface area contributed by atoms with Crippen LogP contribution in [-0.2, 0) is 0 Å². The molecule has 0 aliphatic heterocycles. The number of carbonyl (C=O) groups is 1. The van der Waals surface area contributed by atoms with Crippen LogP contribution in [0.2, 0.25) is 5.02 Å². The highest BCUT2D eigenvalue weighted by molar-refractivity contribution is 7.18. The van der Waals surface area contributed by atoms with E-state index in [0.717, 1.165) is 11.3 Å². The van der Waals surface area contributed by atoms with Crippen molar-refractivity contribution in [3.05, 3.63) is 63.7 Å². The molecule has 8 nitrogen and oxygen atoms in total. The number of nitrogens with one attached hydrogen (secondary N) is 2. The lowest BCUT2D eigenvalue weighted by molar-refractivity contribution is -0.384. The predicted octanol–water partition coefficient (Wildman–Crippen LogP) is 4.41. The maximum atomic E-state index is 12.0. The van der Waals surface area contributed by atoms with E-state index in [4.69, 9.17) is 11.6 Å². The minimum absolute atomic E-state index is 0.0392. The van der Waals surface area contributed by atoms with Crippen molar-refractivity contribution in [2.45, 2.75) is 0 Å². The van der Waals surface area contributed by atoms with E-state index in [9.17, 15) is 14.9 Å². The predicted molar refractivity (Wildman–Crippen MR) is 96.1 cm³/mol. The monoisotopic (exact) mass is 375 g/mol. The van der Waals surface area contributed by atoms with Gasteiger partial charge in [0.25, 0.3) is 5.69 Å². The van der Waals surface area contributed by atoms with Crippen molar-refractivity contribution in [1.29, 1.82) is 0 Å². The zero-order valence-electron chi connectivity index (χ0n) is 12.5. The minimum Gasteiger partial charge on any atom is -0.308 e. The number of benzene rings is 2. The van der Waals surface area contributed by atoms with Gasteiger partial charge in [0.05, 0.1) is 4.92 Å². The maximum absolute atomic E-state index is 12.0. The van der Waals surface area contributed by atoms with Crippen LogP contribution in [0.25, 0.3) is 10.6 Å². The van der Waals surface area contributed by atoms with Gasteiger partial charge in [-0.3, -0.25) is 15.4 Å². The Labute approximate surface area is 150 Å². The molecule has 3 rings (SSSR count). The van der Waals surface area contributed by atoms with E-state index >= 15 is 0 Å². The Hall–Kier alpha value is -3.04. The van der Waals surface area contributed by atoms with Gasteiger partial charge >= 0.3 is 6.03 Å². The van der Waals surface area contributed by atoms with Crippen molar-refractivity contribution in [3.8, 4) is 10.6 Å². The first-order chi connectivity index (χ1) is 12.0. The van der Waals surface area contributed by atoms with Gasteiger partial charge in [0.2, 0.25) is 5.13 Å². The van der Waals surface area contributed by atoms with Gasteiger partial charge in [-0.05, 0) is 24.3 Å². The number of hydrogen-bond donors (Lipinski definition) is 2. The Bertz CT molecular complexity index is 929. The molecule has 0 saturated carbocycles. The summed E-state index contributed by atoms with van der Waals surface area (Å²) < 4.78 is 0. The van der Waals surface area contributed by atoms with Crippen LogP contribution in [0.15, 0.2) is 48.5 Å². The van der Waals surface area contributed by atoms with Crippen LogP contribution in [0, 0.1) is 10.1 Å². The molecule has 0 saturated heterocycles. The molecule has 1 heterocycles. The van der Waals surface area contributed by atoms with Crippen LogP contribution in [0.5, 0.6) is 0 Å². The van der Waals surface area contributed by atoms with Gasteiger partial charge in [-0.25, -0.2) is 4.79 Å². The van der Waals surface area contributed by atoms with Crippen LogP contribution in [-0.4, -0.2) is 21.2 Å². The SMILES string of the molecule is O=C(Nc1ccc(Cl)cc1)Nc1nnc(-c2cccc([N+](=O)[O-])c2)s1. The van der Waals surface area contributed by atoms with Crippen molar-refractivity contribution in [3.63, 3.8) is 0 Å². The van der Waals surface area contributed by atoms with E-state index in [2.05, 4.69) is 20.8 Å². The molecule has 0 radical (unpaired) electrons. The lowest BCUT2D eigenvalue weighted by Gasteiger charge is -2.04. The van der Waals surface area contributed by atoms with Gasteiger partial charge < -0.3 is 5.32 Å². The number of urea groups is 1. The summed E-state index contributed by atoms with van der Waals surface area (Å²) in [5, 5.41) is 25.1. The summed E-state index contributed by atoms with van der Waals surface area (Å²) in [6.07, 6.45) is 0. The number of rotatable bonds is 4. The normalized spacial score (nSPS) is 10.3. The minimum atomic E-state index is -0.483. The average Bonchev–Trinajstić information content (AvgIpc) is 3.05. The molecule has 0 aliphatic carbocycles. The van der Waals surface area contributed by atoms with Gasteiger partial charge in [0.1, 0.15) is 5.01 Å². The van der Waals surface area contributed by atoms with Crippen molar-refractivity contribution in [2.75, 3.05) is 10.6 Å². The summed E-state index contributed by atoms with van der Waals surface area (Å²) in [6, 6.07) is 12.2. The molecule has 0 aliphatic rings. The van der Waals surface area contributed by atoms with Gasteiger partial charge in [0, 0.05) is 28.4 Å². The summed E-state index contributed by atoms with van der Waals surface area (Å²) in [5.41, 5.74) is 1.09. The molecule has 0 fully saturated rings. The Morgan fingerprint density at radius 1 is 1.12 bits per heavy atom. The Kier molecular flexibility index (Phi) is 4.87. The molecule has 0 spiro atoms. The summed E-state index contributed by atoms with van der Waals surface area (Å²) >= 11 is 6.89. The third kappa shape index (κ3) is 4.28. The zero-order valence-corrected chi connectivity index (χ0v) is 14.0. The standard InChI is InChI=1S/C15H10ClN5O3S/c16-10-4-6-11(7-5-10)17-14(22)18-15-20-19-13(25-15)9-2-1-3-12(8-9)21(23)24/h1-8H,(H2,17,18,20,22). The first kappa shape index (κ1) is 16.8. The topological polar surface area (TPSA) is 110 Å². The molecular formula is C15H10ClN5O3S. The summed E-state index contributed by atoms with van der Waals surface area (Å²) in [6.45, 7) is 0. The van der Waals surface area contributed by atoms with Crippen molar-refractivity contribution in [1.82, 2.24) is 10.2 Å². The molecule has 2 aromatic carbocycles. The summed E-state index contributed by atoms with van der Waals surface area (Å²) in [5.74, 6) is 0. The van der Waals surface area contributed by atoms with Gasteiger partial charge in [-0.15, -0.1) is 10.2 Å². The number of aromatic nitrogens is 2. The highest BCUT2D eigenvalue weighted by atomic mass is 35.5. The van der Waals surface area contributed by atoms with E-state index < -0.39 is 11.0 Å². The highest BCUT2D eigenvalue weighted by Crippen LogP contribution is 2.28. The Morgan fingerprint density at radius 3 is 2.60 bits per heavy atom.